The van der Waals surface area contributed by atoms with Gasteiger partial charge in [-0.15, -0.1) is 0 Å². The molecule has 1 saturated heterocycles. The molecule has 0 bridgehead atoms. The average molecular weight is 368 g/mol. The summed E-state index contributed by atoms with van der Waals surface area (Å²) >= 11 is 4.78. The van der Waals surface area contributed by atoms with E-state index in [9.17, 15) is 14.8 Å². The van der Waals surface area contributed by atoms with Crippen LogP contribution in [-0.2, 0) is 13.8 Å². The number of imidazole rings is 1. The Bertz CT molecular complexity index is 635. The van der Waals surface area contributed by atoms with E-state index in [-0.39, 0.29) is 29.5 Å². The molecule has 130 valence electrons. The first-order valence-electron chi connectivity index (χ1n) is 6.45. The number of aliphatic hydroxyl groups is 2. The lowest BCUT2D eigenvalue weighted by Gasteiger charge is -2.17. The number of hydrogen-bond donors (Lipinski definition) is 6. The van der Waals surface area contributed by atoms with Gasteiger partial charge in [0.2, 0.25) is 0 Å². The summed E-state index contributed by atoms with van der Waals surface area (Å²) in [5.41, 5.74) is 11.4. The zero-order valence-electron chi connectivity index (χ0n) is 11.7. The number of nitrogens with zero attached hydrogens (tertiary/aromatic N) is 2. The zero-order chi connectivity index (χ0) is 17.4. The van der Waals surface area contributed by atoms with E-state index in [4.69, 9.17) is 38.2 Å². The largest absolute Gasteiger partial charge is 0.469 e. The summed E-state index contributed by atoms with van der Waals surface area (Å²) in [5, 5.41) is 20.1. The molecule has 1 fully saturated rings. The standard InChI is InChI=1S/C10H17N4O7PS/c11-8-5(9(12)23)13-3-14(8)10-7(16)6(15)4(21-10)1-2-20-22(17,18)19/h3-4,6-7,10,15-16H,1-2,11H2,(H2,12,23)(H2,17,18,19)/t4-,6-,7-,10-/m1/s1. The Morgan fingerprint density at radius 1 is 1.48 bits per heavy atom. The summed E-state index contributed by atoms with van der Waals surface area (Å²) in [7, 11) is -4.61. The molecule has 0 aromatic carbocycles. The predicted octanol–water partition coefficient (Wildman–Crippen LogP) is -1.78. The molecule has 1 aliphatic heterocycles. The third-order valence-electron chi connectivity index (χ3n) is 3.34. The molecule has 0 aliphatic carbocycles. The van der Waals surface area contributed by atoms with Crippen molar-refractivity contribution in [1.29, 1.82) is 0 Å². The van der Waals surface area contributed by atoms with Gasteiger partial charge in [-0.2, -0.15) is 0 Å². The SMILES string of the molecule is NC(=S)c1ncn([C@@H]2O[C@H](CCOP(=O)(O)O)[C@@H](O)[C@H]2O)c1N. The van der Waals surface area contributed by atoms with Crippen LogP contribution in [0.4, 0.5) is 5.82 Å². The summed E-state index contributed by atoms with van der Waals surface area (Å²) in [4.78, 5) is 21.1. The topological polar surface area (TPSA) is 186 Å². The molecular weight excluding hydrogens is 351 g/mol. The molecule has 4 atom stereocenters. The molecule has 2 rings (SSSR count). The first kappa shape index (κ1) is 18.2. The van der Waals surface area contributed by atoms with Gasteiger partial charge in [-0.3, -0.25) is 9.09 Å². The number of nitrogen functional groups attached to an aromatic ring is 1. The third kappa shape index (κ3) is 4.05. The minimum absolute atomic E-state index is 0.0270. The fourth-order valence-electron chi connectivity index (χ4n) is 2.25. The van der Waals surface area contributed by atoms with E-state index in [0.29, 0.717) is 0 Å². The van der Waals surface area contributed by atoms with Crippen molar-refractivity contribution >= 4 is 30.8 Å². The van der Waals surface area contributed by atoms with Crippen LogP contribution in [0.15, 0.2) is 6.33 Å². The lowest BCUT2D eigenvalue weighted by Crippen LogP contribution is -2.32. The van der Waals surface area contributed by atoms with Crippen molar-refractivity contribution in [2.45, 2.75) is 31.0 Å². The Hall–Kier alpha value is -1.11. The average Bonchev–Trinajstić information content (AvgIpc) is 2.92. The molecule has 0 unspecified atom stereocenters. The van der Waals surface area contributed by atoms with Crippen LogP contribution in [0, 0.1) is 0 Å². The van der Waals surface area contributed by atoms with E-state index in [2.05, 4.69) is 9.51 Å². The summed E-state index contributed by atoms with van der Waals surface area (Å²) in [6, 6.07) is 0. The molecule has 13 heteroatoms. The van der Waals surface area contributed by atoms with Gasteiger partial charge in [0.1, 0.15) is 28.7 Å². The molecule has 11 nitrogen and oxygen atoms in total. The van der Waals surface area contributed by atoms with E-state index in [1.54, 1.807) is 0 Å². The lowest BCUT2D eigenvalue weighted by molar-refractivity contribution is -0.0412. The van der Waals surface area contributed by atoms with Gasteiger partial charge in [-0.25, -0.2) is 9.55 Å². The van der Waals surface area contributed by atoms with Gasteiger partial charge in [0, 0.05) is 6.42 Å². The Morgan fingerprint density at radius 3 is 2.65 bits per heavy atom. The summed E-state index contributed by atoms with van der Waals surface area (Å²) in [6.07, 6.45) is -3.35. The maximum Gasteiger partial charge on any atom is 0.469 e. The highest BCUT2D eigenvalue weighted by molar-refractivity contribution is 7.80. The number of aromatic nitrogens is 2. The minimum Gasteiger partial charge on any atom is -0.388 e. The number of rotatable bonds is 6. The lowest BCUT2D eigenvalue weighted by atomic mass is 10.1. The number of anilines is 1. The quantitative estimate of drug-likeness (QED) is 0.246. The van der Waals surface area contributed by atoms with Gasteiger partial charge in [-0.05, 0) is 0 Å². The minimum atomic E-state index is -4.61. The molecule has 0 amide bonds. The number of phosphoric ester groups is 1. The van der Waals surface area contributed by atoms with E-state index in [1.165, 1.54) is 10.9 Å². The second kappa shape index (κ2) is 6.79. The molecule has 0 radical (unpaired) electrons. The van der Waals surface area contributed by atoms with Crippen molar-refractivity contribution in [2.75, 3.05) is 12.3 Å². The van der Waals surface area contributed by atoms with Gasteiger partial charge < -0.3 is 36.2 Å². The molecule has 0 saturated carbocycles. The van der Waals surface area contributed by atoms with E-state index >= 15 is 0 Å². The fraction of sp³-hybridized carbons (Fsp3) is 0.600. The van der Waals surface area contributed by atoms with Crippen molar-refractivity contribution in [3.05, 3.63) is 12.0 Å². The van der Waals surface area contributed by atoms with E-state index < -0.39 is 32.4 Å². The van der Waals surface area contributed by atoms with Gasteiger partial charge in [0.15, 0.2) is 6.23 Å². The molecule has 1 aliphatic rings. The number of aliphatic hydroxyl groups excluding tert-OH is 2. The van der Waals surface area contributed by atoms with Crippen molar-refractivity contribution in [1.82, 2.24) is 9.55 Å². The van der Waals surface area contributed by atoms with Gasteiger partial charge in [0.05, 0.1) is 19.0 Å². The number of phosphoric acid groups is 1. The predicted molar refractivity (Wildman–Crippen MR) is 81.1 cm³/mol. The number of thiocarbonyl (C=S) groups is 1. The van der Waals surface area contributed by atoms with Crippen LogP contribution in [0.2, 0.25) is 0 Å². The zero-order valence-corrected chi connectivity index (χ0v) is 13.4. The Balaban J connectivity index is 2.08. The fourth-order valence-corrected chi connectivity index (χ4v) is 2.75. The monoisotopic (exact) mass is 368 g/mol. The highest BCUT2D eigenvalue weighted by atomic mass is 32.1. The number of ether oxygens (including phenoxy) is 1. The van der Waals surface area contributed by atoms with E-state index in [0.717, 1.165) is 0 Å². The van der Waals surface area contributed by atoms with Crippen molar-refractivity contribution in [3.63, 3.8) is 0 Å². The number of nitrogens with two attached hydrogens (primary N) is 2. The molecule has 1 aromatic rings. The van der Waals surface area contributed by atoms with Crippen molar-refractivity contribution in [2.24, 2.45) is 5.73 Å². The molecule has 0 spiro atoms. The molecule has 23 heavy (non-hydrogen) atoms. The van der Waals surface area contributed by atoms with Crippen LogP contribution in [0.1, 0.15) is 18.3 Å². The van der Waals surface area contributed by atoms with Crippen LogP contribution in [0.3, 0.4) is 0 Å². The molecule has 2 heterocycles. The highest BCUT2D eigenvalue weighted by Gasteiger charge is 2.44. The van der Waals surface area contributed by atoms with Gasteiger partial charge in [0.25, 0.3) is 0 Å². The van der Waals surface area contributed by atoms with Gasteiger partial charge >= 0.3 is 7.82 Å². The van der Waals surface area contributed by atoms with Crippen LogP contribution in [0.5, 0.6) is 0 Å². The van der Waals surface area contributed by atoms with Crippen LogP contribution < -0.4 is 11.5 Å². The maximum atomic E-state index is 10.6. The van der Waals surface area contributed by atoms with E-state index in [1.807, 2.05) is 0 Å². The summed E-state index contributed by atoms with van der Waals surface area (Å²) < 4.78 is 21.7. The molecule has 1 aromatic heterocycles. The van der Waals surface area contributed by atoms with Crippen LogP contribution in [-0.4, -0.2) is 59.5 Å². The van der Waals surface area contributed by atoms with Crippen molar-refractivity contribution in [3.8, 4) is 0 Å². The second-order valence-electron chi connectivity index (χ2n) is 4.91. The second-order valence-corrected chi connectivity index (χ2v) is 6.59. The summed E-state index contributed by atoms with van der Waals surface area (Å²) in [5.74, 6) is 0.0702. The third-order valence-corrected chi connectivity index (χ3v) is 4.05. The van der Waals surface area contributed by atoms with Gasteiger partial charge in [-0.1, -0.05) is 12.2 Å². The first-order valence-corrected chi connectivity index (χ1v) is 8.39. The number of hydrogen-bond acceptors (Lipinski definition) is 8. The Labute approximate surface area is 136 Å². The van der Waals surface area contributed by atoms with Crippen molar-refractivity contribution < 1.29 is 33.8 Å². The van der Waals surface area contributed by atoms with Crippen LogP contribution in [0.25, 0.3) is 0 Å². The molecule has 8 N–H and O–H groups in total. The Morgan fingerprint density at radius 2 is 2.13 bits per heavy atom. The Kier molecular flexibility index (Phi) is 5.38. The molecular formula is C10H17N4O7PS. The van der Waals surface area contributed by atoms with Crippen LogP contribution >= 0.6 is 20.0 Å². The highest BCUT2D eigenvalue weighted by Crippen LogP contribution is 2.37. The maximum absolute atomic E-state index is 10.6. The summed E-state index contributed by atoms with van der Waals surface area (Å²) in [6.45, 7) is -0.358. The normalized spacial score (nSPS) is 28.2. The smallest absolute Gasteiger partial charge is 0.388 e. The first-order chi connectivity index (χ1) is 10.6.